The van der Waals surface area contributed by atoms with E-state index < -0.39 is 0 Å². The number of para-hydroxylation sites is 2. The summed E-state index contributed by atoms with van der Waals surface area (Å²) >= 11 is 3.58. The normalized spacial score (nSPS) is 15.2. The average Bonchev–Trinajstić information content (AvgIpc) is 3.87. The van der Waals surface area contributed by atoms with Crippen molar-refractivity contribution in [1.29, 1.82) is 0 Å². The Morgan fingerprint density at radius 1 is 0.667 bits per heavy atom. The van der Waals surface area contributed by atoms with Gasteiger partial charge in [0.2, 0.25) is 5.88 Å². The number of benzene rings is 4. The zero-order chi connectivity index (χ0) is 36.9. The van der Waals surface area contributed by atoms with Crippen molar-refractivity contribution in [1.82, 2.24) is 24.9 Å². The van der Waals surface area contributed by atoms with E-state index in [4.69, 9.17) is 33.7 Å². The maximum absolute atomic E-state index is 6.41. The number of H-pyrrole nitrogens is 2. The molecule has 0 spiro atoms. The van der Waals surface area contributed by atoms with Crippen molar-refractivity contribution in [3.8, 4) is 40.0 Å². The minimum absolute atomic E-state index is 0.374. The number of rotatable bonds is 8. The van der Waals surface area contributed by atoms with Crippen LogP contribution in [0.25, 0.3) is 33.2 Å². The highest BCUT2D eigenvalue weighted by Crippen LogP contribution is 2.41. The van der Waals surface area contributed by atoms with Gasteiger partial charge in [-0.05, 0) is 103 Å². The number of nitrogens with one attached hydrogen (secondary N) is 2. The third-order valence-corrected chi connectivity index (χ3v) is 10.5. The molecule has 0 saturated carbocycles. The second-order valence-corrected chi connectivity index (χ2v) is 14.4. The van der Waals surface area contributed by atoms with Gasteiger partial charge >= 0.3 is 0 Å². The number of methoxy groups -OCH3 is 1. The number of aryl methyl sites for hydroxylation is 1. The topological polar surface area (TPSA) is 116 Å². The van der Waals surface area contributed by atoms with Crippen LogP contribution in [0.15, 0.2) is 102 Å². The fraction of sp³-hybridized carbons (Fsp3) is 0.279. The molecule has 276 valence electrons. The maximum Gasteiger partial charge on any atom is 0.215 e. The van der Waals surface area contributed by atoms with E-state index in [-0.39, 0.29) is 0 Å². The Labute approximate surface area is 322 Å². The van der Waals surface area contributed by atoms with Crippen molar-refractivity contribution in [2.24, 2.45) is 0 Å². The third-order valence-electron chi connectivity index (χ3n) is 9.88. The molecule has 0 aliphatic carbocycles. The molecule has 0 bridgehead atoms. The summed E-state index contributed by atoms with van der Waals surface area (Å²) in [6.45, 7) is 5.15. The van der Waals surface area contributed by atoms with Crippen LogP contribution in [0.1, 0.15) is 54.7 Å². The number of pyridine rings is 1. The zero-order valence-corrected chi connectivity index (χ0v) is 31.9. The number of aromatic amines is 2. The fourth-order valence-corrected chi connectivity index (χ4v) is 7.41. The molecule has 2 N–H and O–H groups in total. The summed E-state index contributed by atoms with van der Waals surface area (Å²) in [4.78, 5) is 21.2. The standard InChI is InChI=1S/C25H25N3O3.C18H17BrN2O2/c1-16-14-18(15-26-25(16)29-2)20-8-9-21-22(23(20)31-19-6-4-3-5-7-19)28-24(27-21)17-10-12-30-13-11-17;19-14-6-7-15-16(17(14)23-13-4-2-1-3-5-13)21-18(20-15)12-8-10-22-11-9-12/h3-9,14-15,17H,10-13H2,1-2H3,(H,27,28);1-7,12H,8-11H2,(H,20,21). The van der Waals surface area contributed by atoms with E-state index in [0.717, 1.165) is 130 Å². The Morgan fingerprint density at radius 3 is 1.72 bits per heavy atom. The van der Waals surface area contributed by atoms with Crippen LogP contribution in [0.2, 0.25) is 0 Å². The van der Waals surface area contributed by atoms with Gasteiger partial charge in [0, 0.05) is 61.2 Å². The van der Waals surface area contributed by atoms with Gasteiger partial charge in [0.05, 0.1) is 22.6 Å². The Morgan fingerprint density at radius 2 is 1.19 bits per heavy atom. The lowest BCUT2D eigenvalue weighted by molar-refractivity contribution is 0.0837. The average molecular weight is 789 g/mol. The lowest BCUT2D eigenvalue weighted by atomic mass is 10.00. The molecule has 5 heterocycles. The van der Waals surface area contributed by atoms with Gasteiger partial charge in [-0.2, -0.15) is 0 Å². The molecule has 7 aromatic rings. The van der Waals surface area contributed by atoms with Crippen LogP contribution in [0.5, 0.6) is 28.9 Å². The minimum atomic E-state index is 0.374. The highest BCUT2D eigenvalue weighted by atomic mass is 79.9. The van der Waals surface area contributed by atoms with Crippen LogP contribution in [-0.2, 0) is 9.47 Å². The highest BCUT2D eigenvalue weighted by Gasteiger charge is 2.24. The minimum Gasteiger partial charge on any atom is -0.481 e. The van der Waals surface area contributed by atoms with Crippen molar-refractivity contribution < 1.29 is 23.7 Å². The van der Waals surface area contributed by atoms with Gasteiger partial charge in [-0.15, -0.1) is 0 Å². The maximum atomic E-state index is 6.41. The quantitative estimate of drug-likeness (QED) is 0.156. The van der Waals surface area contributed by atoms with Crippen molar-refractivity contribution >= 4 is 38.0 Å². The first-order valence-corrected chi connectivity index (χ1v) is 19.2. The van der Waals surface area contributed by atoms with Crippen molar-refractivity contribution in [3.63, 3.8) is 0 Å². The Balaban J connectivity index is 0.000000160. The molecule has 54 heavy (non-hydrogen) atoms. The molecule has 0 unspecified atom stereocenters. The SMILES string of the molecule is Brc1ccc2[nH]c(C3CCOCC3)nc2c1Oc1ccccc1.COc1ncc(-c2ccc3[nH]c(C4CCOCC4)nc3c2Oc2ccccc2)cc1C. The van der Waals surface area contributed by atoms with Gasteiger partial charge in [-0.1, -0.05) is 36.4 Å². The molecule has 10 nitrogen and oxygen atoms in total. The van der Waals surface area contributed by atoms with Gasteiger partial charge in [0.1, 0.15) is 34.2 Å². The van der Waals surface area contributed by atoms with Gasteiger partial charge in [0.15, 0.2) is 11.5 Å². The van der Waals surface area contributed by atoms with Crippen LogP contribution in [0.3, 0.4) is 0 Å². The molecule has 2 aliphatic heterocycles. The summed E-state index contributed by atoms with van der Waals surface area (Å²) in [5.74, 6) is 6.50. The molecule has 2 aliphatic rings. The molecule has 3 aromatic heterocycles. The van der Waals surface area contributed by atoms with Gasteiger partial charge in [-0.25, -0.2) is 15.0 Å². The molecular formula is C43H42BrN5O5. The number of halogens is 1. The first-order valence-electron chi connectivity index (χ1n) is 18.4. The zero-order valence-electron chi connectivity index (χ0n) is 30.3. The molecule has 0 amide bonds. The lowest BCUT2D eigenvalue weighted by Gasteiger charge is -2.19. The second-order valence-electron chi connectivity index (χ2n) is 13.5. The lowest BCUT2D eigenvalue weighted by Crippen LogP contribution is -2.15. The van der Waals surface area contributed by atoms with Gasteiger partial charge in [-0.3, -0.25) is 0 Å². The second kappa shape index (κ2) is 16.4. The summed E-state index contributed by atoms with van der Waals surface area (Å²) in [7, 11) is 1.63. The first-order chi connectivity index (χ1) is 26.5. The molecule has 0 radical (unpaired) electrons. The van der Waals surface area contributed by atoms with E-state index in [2.05, 4.69) is 49.1 Å². The highest BCUT2D eigenvalue weighted by molar-refractivity contribution is 9.10. The largest absolute Gasteiger partial charge is 0.481 e. The van der Waals surface area contributed by atoms with E-state index in [1.54, 1.807) is 7.11 Å². The molecule has 0 atom stereocenters. The van der Waals surface area contributed by atoms with Crippen LogP contribution in [0, 0.1) is 6.92 Å². The van der Waals surface area contributed by atoms with Crippen molar-refractivity contribution in [2.75, 3.05) is 33.5 Å². The number of ether oxygens (including phenoxy) is 5. The predicted molar refractivity (Wildman–Crippen MR) is 213 cm³/mol. The van der Waals surface area contributed by atoms with E-state index in [0.29, 0.717) is 17.7 Å². The summed E-state index contributed by atoms with van der Waals surface area (Å²) in [5, 5.41) is 0. The number of nitrogens with zero attached hydrogens (tertiary/aromatic N) is 3. The number of hydrogen-bond acceptors (Lipinski definition) is 8. The number of aromatic nitrogens is 5. The van der Waals surface area contributed by atoms with E-state index in [1.807, 2.05) is 85.9 Å². The monoisotopic (exact) mass is 787 g/mol. The number of imidazole rings is 2. The fourth-order valence-electron chi connectivity index (χ4n) is 7.01. The van der Waals surface area contributed by atoms with E-state index >= 15 is 0 Å². The molecule has 4 aromatic carbocycles. The molecule has 2 fully saturated rings. The van der Waals surface area contributed by atoms with Crippen LogP contribution >= 0.6 is 15.9 Å². The first kappa shape index (κ1) is 35.8. The molecule has 11 heteroatoms. The Hall–Kier alpha value is -5.23. The van der Waals surface area contributed by atoms with E-state index in [1.165, 1.54) is 0 Å². The molecule has 9 rings (SSSR count). The smallest absolute Gasteiger partial charge is 0.215 e. The molecule has 2 saturated heterocycles. The van der Waals surface area contributed by atoms with Crippen LogP contribution < -0.4 is 14.2 Å². The summed E-state index contributed by atoms with van der Waals surface area (Å²) < 4.78 is 29.7. The third kappa shape index (κ3) is 7.84. The van der Waals surface area contributed by atoms with Gasteiger partial charge in [0.25, 0.3) is 0 Å². The van der Waals surface area contributed by atoms with Gasteiger partial charge < -0.3 is 33.7 Å². The van der Waals surface area contributed by atoms with E-state index in [9.17, 15) is 0 Å². The van der Waals surface area contributed by atoms with Crippen molar-refractivity contribution in [2.45, 2.75) is 44.4 Å². The summed E-state index contributed by atoms with van der Waals surface area (Å²) in [6, 6.07) is 29.8. The number of fused-ring (bicyclic) bond motifs is 2. The summed E-state index contributed by atoms with van der Waals surface area (Å²) in [6.07, 6.45) is 5.79. The molecular weight excluding hydrogens is 746 g/mol. The summed E-state index contributed by atoms with van der Waals surface area (Å²) in [5.41, 5.74) is 6.54. The predicted octanol–water partition coefficient (Wildman–Crippen LogP) is 10.6. The number of hydrogen-bond donors (Lipinski definition) is 2. The Bertz CT molecular complexity index is 2330. The van der Waals surface area contributed by atoms with Crippen LogP contribution in [-0.4, -0.2) is 58.5 Å². The Kier molecular flexibility index (Phi) is 10.9. The van der Waals surface area contributed by atoms with Crippen LogP contribution in [0.4, 0.5) is 0 Å². The van der Waals surface area contributed by atoms with Crippen molar-refractivity contribution in [3.05, 3.63) is 119 Å².